The highest BCUT2D eigenvalue weighted by molar-refractivity contribution is 5.75. The van der Waals surface area contributed by atoms with E-state index in [1.165, 1.54) is 25.7 Å². The van der Waals surface area contributed by atoms with Gasteiger partial charge in [-0.15, -0.1) is 0 Å². The summed E-state index contributed by atoms with van der Waals surface area (Å²) in [7, 11) is 0. The summed E-state index contributed by atoms with van der Waals surface area (Å²) in [4.78, 5) is 11.5. The molecule has 27 heavy (non-hydrogen) atoms. The maximum atomic E-state index is 11.5. The third kappa shape index (κ3) is 20.5. The molecule has 4 heteroatoms. The van der Waals surface area contributed by atoms with E-state index in [1.807, 2.05) is 0 Å². The van der Waals surface area contributed by atoms with Crippen molar-refractivity contribution in [1.29, 1.82) is 0 Å². The van der Waals surface area contributed by atoms with Gasteiger partial charge in [-0.3, -0.25) is 4.79 Å². The fraction of sp³-hybridized carbons (Fsp3) is 0.609. The van der Waals surface area contributed by atoms with Crippen LogP contribution in [0.3, 0.4) is 0 Å². The molecule has 0 fully saturated rings. The summed E-state index contributed by atoms with van der Waals surface area (Å²) in [5.74, 6) is -0.174. The topological polar surface area (TPSA) is 69.6 Å². The summed E-state index contributed by atoms with van der Waals surface area (Å²) in [6.45, 7) is 2.09. The largest absolute Gasteiger partial charge is 0.396 e. The molecule has 0 aromatic heterocycles. The Kier molecular flexibility index (Phi) is 19.4. The molecule has 4 nitrogen and oxygen atoms in total. The third-order valence-electron chi connectivity index (χ3n) is 3.96. The number of aliphatic hydroxyl groups excluding tert-OH is 2. The van der Waals surface area contributed by atoms with Gasteiger partial charge in [-0.05, 0) is 44.9 Å². The molecule has 0 heterocycles. The van der Waals surface area contributed by atoms with Gasteiger partial charge in [0.2, 0.25) is 5.91 Å². The number of carbonyl (C=O) groups is 1. The summed E-state index contributed by atoms with van der Waals surface area (Å²) >= 11 is 0. The maximum Gasteiger partial charge on any atom is 0.221 e. The van der Waals surface area contributed by atoms with Gasteiger partial charge in [0.1, 0.15) is 6.23 Å². The Hall–Kier alpha value is -1.65. The molecule has 0 aromatic carbocycles. The van der Waals surface area contributed by atoms with Crippen LogP contribution < -0.4 is 5.32 Å². The molecule has 3 N–H and O–H groups in total. The van der Waals surface area contributed by atoms with Gasteiger partial charge in [0.05, 0.1) is 0 Å². The zero-order valence-electron chi connectivity index (χ0n) is 17.0. The Morgan fingerprint density at radius 2 is 1.37 bits per heavy atom. The lowest BCUT2D eigenvalue weighted by atomic mass is 10.2. The van der Waals surface area contributed by atoms with Crippen molar-refractivity contribution in [2.75, 3.05) is 6.61 Å². The van der Waals surface area contributed by atoms with Crippen molar-refractivity contribution in [3.05, 3.63) is 48.6 Å². The Bertz CT molecular complexity index is 453. The molecule has 0 aromatic rings. The van der Waals surface area contributed by atoms with Crippen LogP contribution in [0.4, 0.5) is 0 Å². The fourth-order valence-corrected chi connectivity index (χ4v) is 2.39. The fourth-order valence-electron chi connectivity index (χ4n) is 2.39. The third-order valence-corrected chi connectivity index (χ3v) is 3.96. The highest BCUT2D eigenvalue weighted by atomic mass is 16.3. The molecule has 0 aliphatic rings. The van der Waals surface area contributed by atoms with Gasteiger partial charge in [-0.2, -0.15) is 0 Å². The summed E-state index contributed by atoms with van der Waals surface area (Å²) in [6.07, 6.45) is 26.7. The molecule has 1 atom stereocenters. The normalized spacial score (nSPS) is 13.4. The maximum absolute atomic E-state index is 11.5. The lowest BCUT2D eigenvalue weighted by molar-refractivity contribution is -0.124. The number of hydrogen-bond donors (Lipinski definition) is 3. The van der Waals surface area contributed by atoms with Gasteiger partial charge in [0, 0.05) is 19.4 Å². The number of unbranched alkanes of at least 4 members (excludes halogenated alkanes) is 4. The van der Waals surface area contributed by atoms with Crippen molar-refractivity contribution in [3.63, 3.8) is 0 Å². The number of carbonyl (C=O) groups excluding carboxylic acids is 1. The van der Waals surface area contributed by atoms with Gasteiger partial charge in [-0.1, -0.05) is 68.4 Å². The highest BCUT2D eigenvalue weighted by Crippen LogP contribution is 2.01. The Balaban J connectivity index is 3.52. The van der Waals surface area contributed by atoms with Gasteiger partial charge in [-0.25, -0.2) is 0 Å². The van der Waals surface area contributed by atoms with E-state index < -0.39 is 6.23 Å². The van der Waals surface area contributed by atoms with E-state index >= 15 is 0 Å². The smallest absolute Gasteiger partial charge is 0.221 e. The number of amides is 1. The quantitative estimate of drug-likeness (QED) is 0.191. The molecule has 0 radical (unpaired) electrons. The predicted octanol–water partition coefficient (Wildman–Crippen LogP) is 4.95. The number of nitrogens with one attached hydrogen (secondary N) is 1. The number of allylic oxidation sites excluding steroid dienone is 8. The van der Waals surface area contributed by atoms with Crippen LogP contribution in [0, 0.1) is 0 Å². The van der Waals surface area contributed by atoms with Crippen molar-refractivity contribution >= 4 is 5.91 Å². The summed E-state index contributed by atoms with van der Waals surface area (Å²) in [5.41, 5.74) is 0. The van der Waals surface area contributed by atoms with E-state index in [0.717, 1.165) is 32.1 Å². The molecule has 0 rings (SSSR count). The number of aliphatic hydroxyl groups is 2. The first kappa shape index (κ1) is 25.4. The average molecular weight is 378 g/mol. The van der Waals surface area contributed by atoms with E-state index in [1.54, 1.807) is 0 Å². The standard InChI is InChI=1S/C23H39NO3/c1-2-3-4-5-6-7-8-9-10-11-12-13-14-15-16-17-18-19-22(26)24-23(27)20-21-25/h6-7,9-10,12-13,15-16,23,25,27H,2-5,8,11,14,17-21H2,1H3,(H,24,26). The van der Waals surface area contributed by atoms with Crippen LogP contribution in [0.5, 0.6) is 0 Å². The predicted molar refractivity (Wildman–Crippen MR) is 114 cm³/mol. The number of rotatable bonds is 17. The monoisotopic (exact) mass is 377 g/mol. The van der Waals surface area contributed by atoms with Gasteiger partial charge in [0.25, 0.3) is 0 Å². The summed E-state index contributed by atoms with van der Waals surface area (Å²) in [5, 5.41) is 20.4. The lowest BCUT2D eigenvalue weighted by Gasteiger charge is -2.10. The van der Waals surface area contributed by atoms with Crippen molar-refractivity contribution in [1.82, 2.24) is 5.32 Å². The first-order valence-corrected chi connectivity index (χ1v) is 10.4. The minimum Gasteiger partial charge on any atom is -0.396 e. The molecule has 0 bridgehead atoms. The highest BCUT2D eigenvalue weighted by Gasteiger charge is 2.06. The van der Waals surface area contributed by atoms with E-state index in [9.17, 15) is 9.90 Å². The van der Waals surface area contributed by atoms with E-state index in [-0.39, 0.29) is 18.9 Å². The van der Waals surface area contributed by atoms with Crippen LogP contribution >= 0.6 is 0 Å². The van der Waals surface area contributed by atoms with Gasteiger partial charge < -0.3 is 15.5 Å². The van der Waals surface area contributed by atoms with Crippen LogP contribution in [-0.2, 0) is 4.79 Å². The summed E-state index contributed by atoms with van der Waals surface area (Å²) < 4.78 is 0. The first-order chi connectivity index (χ1) is 13.2. The summed E-state index contributed by atoms with van der Waals surface area (Å²) in [6, 6.07) is 0. The lowest BCUT2D eigenvalue weighted by Crippen LogP contribution is -2.35. The Labute approximate surface area is 165 Å². The molecular formula is C23H39NO3. The molecule has 0 saturated heterocycles. The van der Waals surface area contributed by atoms with Gasteiger partial charge in [0.15, 0.2) is 0 Å². The minimum absolute atomic E-state index is 0.135. The molecule has 1 amide bonds. The van der Waals surface area contributed by atoms with Crippen molar-refractivity contribution in [3.8, 4) is 0 Å². The minimum atomic E-state index is -0.945. The average Bonchev–Trinajstić information content (AvgIpc) is 2.64. The Morgan fingerprint density at radius 3 is 1.89 bits per heavy atom. The van der Waals surface area contributed by atoms with Crippen LogP contribution in [-0.4, -0.2) is 29.0 Å². The van der Waals surface area contributed by atoms with Crippen LogP contribution in [0.1, 0.15) is 77.6 Å². The molecule has 0 aliphatic heterocycles. The molecule has 0 aliphatic carbocycles. The molecule has 0 saturated carbocycles. The van der Waals surface area contributed by atoms with Crippen molar-refractivity contribution in [2.45, 2.75) is 83.8 Å². The molecule has 154 valence electrons. The van der Waals surface area contributed by atoms with Crippen LogP contribution in [0.15, 0.2) is 48.6 Å². The number of hydrogen-bond acceptors (Lipinski definition) is 3. The second-order valence-corrected chi connectivity index (χ2v) is 6.58. The SMILES string of the molecule is CCCCCC=CCC=CCC=CCC=CCCCC(=O)NC(O)CCO. The Morgan fingerprint density at radius 1 is 0.852 bits per heavy atom. The molecule has 0 spiro atoms. The van der Waals surface area contributed by atoms with Crippen LogP contribution in [0.25, 0.3) is 0 Å². The first-order valence-electron chi connectivity index (χ1n) is 10.4. The zero-order chi connectivity index (χ0) is 20.0. The van der Waals surface area contributed by atoms with Crippen LogP contribution in [0.2, 0.25) is 0 Å². The van der Waals surface area contributed by atoms with E-state index in [4.69, 9.17) is 5.11 Å². The van der Waals surface area contributed by atoms with E-state index in [2.05, 4.69) is 60.8 Å². The van der Waals surface area contributed by atoms with Crippen molar-refractivity contribution < 1.29 is 15.0 Å². The van der Waals surface area contributed by atoms with Crippen molar-refractivity contribution in [2.24, 2.45) is 0 Å². The molecular weight excluding hydrogens is 338 g/mol. The molecule has 1 unspecified atom stereocenters. The zero-order valence-corrected chi connectivity index (χ0v) is 17.0. The second-order valence-electron chi connectivity index (χ2n) is 6.58. The van der Waals surface area contributed by atoms with Gasteiger partial charge >= 0.3 is 0 Å². The van der Waals surface area contributed by atoms with E-state index in [0.29, 0.717) is 6.42 Å². The second kappa shape index (κ2) is 20.7.